The van der Waals surface area contributed by atoms with Gasteiger partial charge in [0.05, 0.1) is 6.61 Å². The average Bonchev–Trinajstić information content (AvgIpc) is 2.43. The molecule has 0 N–H and O–H groups in total. The molecule has 1 heterocycles. The number of likely N-dealkylation sites (tertiary alicyclic amines) is 1. The van der Waals surface area contributed by atoms with E-state index in [1.54, 1.807) is 4.90 Å². The average molecular weight is 344 g/mol. The van der Waals surface area contributed by atoms with Gasteiger partial charge in [0.1, 0.15) is 6.04 Å². The van der Waals surface area contributed by atoms with Crippen molar-refractivity contribution in [2.75, 3.05) is 13.2 Å². The minimum atomic E-state index is -2.18. The molecule has 0 aliphatic carbocycles. The first-order valence-electron chi connectivity index (χ1n) is 8.62. The first-order valence-corrected chi connectivity index (χ1v) is 11.5. The minimum Gasteiger partial charge on any atom is -0.518 e. The molecule has 1 rings (SSSR count). The molecule has 0 aromatic rings. The number of nitrogens with zero attached hydrogens (tertiary/aromatic N) is 1. The van der Waals surface area contributed by atoms with E-state index in [1.807, 2.05) is 13.8 Å². The zero-order valence-electron chi connectivity index (χ0n) is 15.8. The largest absolute Gasteiger partial charge is 0.518 e. The van der Waals surface area contributed by atoms with E-state index in [4.69, 9.17) is 9.16 Å². The minimum absolute atomic E-state index is 0.0414. The number of carbonyl (C=O) groups is 2. The summed E-state index contributed by atoms with van der Waals surface area (Å²) >= 11 is 0. The van der Waals surface area contributed by atoms with Crippen LogP contribution in [0.2, 0.25) is 18.1 Å². The van der Waals surface area contributed by atoms with Crippen LogP contribution in [0.5, 0.6) is 0 Å². The molecule has 1 fully saturated rings. The van der Waals surface area contributed by atoms with Crippen LogP contribution in [0.15, 0.2) is 0 Å². The number of rotatable bonds is 4. The van der Waals surface area contributed by atoms with Crippen molar-refractivity contribution in [2.45, 2.75) is 78.1 Å². The molecule has 0 aromatic heterocycles. The van der Waals surface area contributed by atoms with Gasteiger partial charge >= 0.3 is 12.1 Å². The molecule has 0 bridgehead atoms. The third kappa shape index (κ3) is 5.51. The van der Waals surface area contributed by atoms with Gasteiger partial charge in [-0.05, 0) is 43.3 Å². The van der Waals surface area contributed by atoms with Crippen LogP contribution >= 0.6 is 0 Å². The number of hydrogen-bond donors (Lipinski definition) is 0. The molecule has 1 saturated heterocycles. The highest BCUT2D eigenvalue weighted by Gasteiger charge is 2.43. The molecule has 5 nitrogen and oxygen atoms in total. The van der Waals surface area contributed by atoms with Crippen molar-refractivity contribution in [2.24, 2.45) is 5.92 Å². The Balaban J connectivity index is 2.77. The first-order chi connectivity index (χ1) is 10.5. The molecular formula is C17H33NO4Si. The predicted octanol–water partition coefficient (Wildman–Crippen LogP) is 4.18. The molecule has 23 heavy (non-hydrogen) atoms. The van der Waals surface area contributed by atoms with Crippen LogP contribution in [0.25, 0.3) is 0 Å². The monoisotopic (exact) mass is 343 g/mol. The molecule has 1 amide bonds. The van der Waals surface area contributed by atoms with Crippen LogP contribution in [0.1, 0.15) is 53.9 Å². The van der Waals surface area contributed by atoms with E-state index in [1.165, 1.54) is 0 Å². The molecule has 0 radical (unpaired) electrons. The van der Waals surface area contributed by atoms with E-state index in [2.05, 4.69) is 33.9 Å². The number of hydrogen-bond acceptors (Lipinski definition) is 4. The number of carbonyl (C=O) groups excluding carboxylic acids is 2. The van der Waals surface area contributed by atoms with Crippen molar-refractivity contribution in [3.8, 4) is 0 Å². The van der Waals surface area contributed by atoms with Crippen molar-refractivity contribution >= 4 is 20.4 Å². The van der Waals surface area contributed by atoms with Crippen molar-refractivity contribution in [3.63, 3.8) is 0 Å². The Morgan fingerprint density at radius 3 is 2.35 bits per heavy atom. The molecule has 0 spiro atoms. The second-order valence-corrected chi connectivity index (χ2v) is 13.1. The fourth-order valence-corrected chi connectivity index (χ4v) is 3.13. The highest BCUT2D eigenvalue weighted by molar-refractivity contribution is 6.75. The standard InChI is InChI=1S/C17H33NO4Si/c1-13(2)12-21-16(20)18-11-9-8-10-14(18)15(19)22-23(6,7)17(3,4)5/h13-14H,8-12H2,1-7H3. The van der Waals surface area contributed by atoms with Gasteiger partial charge in [0.2, 0.25) is 0 Å². The summed E-state index contributed by atoms with van der Waals surface area (Å²) in [4.78, 5) is 26.5. The summed E-state index contributed by atoms with van der Waals surface area (Å²) in [5, 5.41) is -0.0414. The third-order valence-corrected chi connectivity index (χ3v) is 9.04. The summed E-state index contributed by atoms with van der Waals surface area (Å²) in [6, 6.07) is -0.502. The Labute approximate surface area is 141 Å². The van der Waals surface area contributed by atoms with Crippen LogP contribution in [-0.2, 0) is 14.0 Å². The van der Waals surface area contributed by atoms with Crippen LogP contribution < -0.4 is 0 Å². The van der Waals surface area contributed by atoms with Crippen LogP contribution in [0, 0.1) is 5.92 Å². The lowest BCUT2D eigenvalue weighted by Gasteiger charge is -2.39. The van der Waals surface area contributed by atoms with E-state index < -0.39 is 20.5 Å². The maximum absolute atomic E-state index is 12.7. The lowest BCUT2D eigenvalue weighted by Crippen LogP contribution is -2.53. The zero-order chi connectivity index (χ0) is 17.8. The lowest BCUT2D eigenvalue weighted by molar-refractivity contribution is -0.142. The Morgan fingerprint density at radius 2 is 1.83 bits per heavy atom. The lowest BCUT2D eigenvalue weighted by atomic mass is 10.0. The molecular weight excluding hydrogens is 310 g/mol. The molecule has 1 aliphatic rings. The van der Waals surface area contributed by atoms with E-state index in [0.717, 1.165) is 12.8 Å². The van der Waals surface area contributed by atoms with Gasteiger partial charge in [0.15, 0.2) is 0 Å². The summed E-state index contributed by atoms with van der Waals surface area (Å²) in [7, 11) is -2.18. The fraction of sp³-hybridized carbons (Fsp3) is 0.882. The second-order valence-electron chi connectivity index (χ2n) is 8.36. The quantitative estimate of drug-likeness (QED) is 0.719. The highest BCUT2D eigenvalue weighted by Crippen LogP contribution is 2.37. The smallest absolute Gasteiger partial charge is 0.410 e. The Bertz CT molecular complexity index is 429. The summed E-state index contributed by atoms with van der Waals surface area (Å²) in [5.74, 6) is 0.0131. The summed E-state index contributed by atoms with van der Waals surface area (Å²) in [6.45, 7) is 15.3. The maximum Gasteiger partial charge on any atom is 0.410 e. The van der Waals surface area contributed by atoms with E-state index in [-0.39, 0.29) is 16.9 Å². The Morgan fingerprint density at radius 1 is 1.22 bits per heavy atom. The predicted molar refractivity (Wildman–Crippen MR) is 93.8 cm³/mol. The Kier molecular flexibility index (Phi) is 6.68. The van der Waals surface area contributed by atoms with Gasteiger partial charge in [-0.1, -0.05) is 34.6 Å². The van der Waals surface area contributed by atoms with E-state index in [9.17, 15) is 9.59 Å². The SMILES string of the molecule is CC(C)COC(=O)N1CCCCC1C(=O)O[Si](C)(C)C(C)(C)C. The topological polar surface area (TPSA) is 55.8 Å². The molecule has 6 heteroatoms. The normalized spacial score (nSPS) is 19.7. The van der Waals surface area contributed by atoms with Crippen molar-refractivity contribution in [1.29, 1.82) is 0 Å². The molecule has 1 atom stereocenters. The van der Waals surface area contributed by atoms with Gasteiger partial charge in [-0.25, -0.2) is 4.79 Å². The van der Waals surface area contributed by atoms with Crippen molar-refractivity contribution in [1.82, 2.24) is 4.90 Å². The molecule has 1 aliphatic heterocycles. The molecule has 1 unspecified atom stereocenters. The van der Waals surface area contributed by atoms with Crippen molar-refractivity contribution in [3.05, 3.63) is 0 Å². The zero-order valence-corrected chi connectivity index (χ0v) is 16.8. The number of amides is 1. The van der Waals surface area contributed by atoms with Crippen LogP contribution in [0.3, 0.4) is 0 Å². The van der Waals surface area contributed by atoms with Gasteiger partial charge in [-0.2, -0.15) is 0 Å². The van der Waals surface area contributed by atoms with Gasteiger partial charge in [-0.3, -0.25) is 9.69 Å². The summed E-state index contributed by atoms with van der Waals surface area (Å²) in [5.41, 5.74) is 0. The van der Waals surface area contributed by atoms with Gasteiger partial charge in [0, 0.05) is 6.54 Å². The maximum atomic E-state index is 12.7. The fourth-order valence-electron chi connectivity index (χ4n) is 2.19. The Hall–Kier alpha value is -1.04. The van der Waals surface area contributed by atoms with Crippen LogP contribution in [-0.4, -0.2) is 44.5 Å². The molecule has 0 aromatic carbocycles. The number of piperidine rings is 1. The van der Waals surface area contributed by atoms with Crippen molar-refractivity contribution < 1.29 is 18.8 Å². The first kappa shape index (κ1) is 20.0. The number of ether oxygens (including phenoxy) is 1. The third-order valence-electron chi connectivity index (χ3n) is 4.71. The molecule has 0 saturated carbocycles. The summed E-state index contributed by atoms with van der Waals surface area (Å²) < 4.78 is 11.2. The van der Waals surface area contributed by atoms with Gasteiger partial charge < -0.3 is 9.16 Å². The van der Waals surface area contributed by atoms with E-state index >= 15 is 0 Å². The second kappa shape index (κ2) is 7.68. The summed E-state index contributed by atoms with van der Waals surface area (Å²) in [6.07, 6.45) is 2.10. The van der Waals surface area contributed by atoms with Gasteiger partial charge in [-0.15, -0.1) is 0 Å². The highest BCUT2D eigenvalue weighted by atomic mass is 28.4. The van der Waals surface area contributed by atoms with Crippen LogP contribution in [0.4, 0.5) is 4.79 Å². The van der Waals surface area contributed by atoms with E-state index in [0.29, 0.717) is 19.6 Å². The molecule has 134 valence electrons. The van der Waals surface area contributed by atoms with Gasteiger partial charge in [0.25, 0.3) is 8.32 Å².